The van der Waals surface area contributed by atoms with Crippen LogP contribution in [0.2, 0.25) is 0 Å². The normalized spacial score (nSPS) is 29.2. The Balaban J connectivity index is 2.28. The fourth-order valence-electron chi connectivity index (χ4n) is 2.34. The number of hydrogen-bond acceptors (Lipinski definition) is 3. The van der Waals surface area contributed by atoms with E-state index in [-0.39, 0.29) is 35.4 Å². The number of amides is 1. The van der Waals surface area contributed by atoms with Crippen LogP contribution in [0, 0.1) is 11.3 Å². The predicted octanol–water partition coefficient (Wildman–Crippen LogP) is 1.42. The predicted molar refractivity (Wildman–Crippen MR) is 73.0 cm³/mol. The van der Waals surface area contributed by atoms with Crippen molar-refractivity contribution in [1.29, 1.82) is 0 Å². The average Bonchev–Trinajstić information content (AvgIpc) is 2.27. The highest BCUT2D eigenvalue weighted by Crippen LogP contribution is 2.40. The van der Waals surface area contributed by atoms with Crippen LogP contribution in [0.3, 0.4) is 0 Å². The fraction of sp³-hybridized carbons (Fsp3) is 0.929. The number of carbonyl (C=O) groups is 1. The van der Waals surface area contributed by atoms with Crippen molar-refractivity contribution < 1.29 is 9.90 Å². The Morgan fingerprint density at radius 1 is 1.44 bits per heavy atom. The molecule has 0 aromatic rings. The highest BCUT2D eigenvalue weighted by atomic mass is 16.3. The van der Waals surface area contributed by atoms with E-state index >= 15 is 0 Å². The van der Waals surface area contributed by atoms with Crippen LogP contribution < -0.4 is 11.1 Å². The summed E-state index contributed by atoms with van der Waals surface area (Å²) in [6.07, 6.45) is 3.21. The van der Waals surface area contributed by atoms with Gasteiger partial charge >= 0.3 is 0 Å². The molecule has 4 heteroatoms. The number of nitrogens with two attached hydrogens (primary N) is 1. The molecule has 18 heavy (non-hydrogen) atoms. The van der Waals surface area contributed by atoms with Gasteiger partial charge in [-0.2, -0.15) is 0 Å². The molecule has 0 aromatic carbocycles. The Hall–Kier alpha value is -0.610. The first-order valence-corrected chi connectivity index (χ1v) is 6.99. The van der Waals surface area contributed by atoms with Gasteiger partial charge in [-0.05, 0) is 26.2 Å². The molecule has 0 aromatic heterocycles. The van der Waals surface area contributed by atoms with Gasteiger partial charge in [-0.25, -0.2) is 0 Å². The molecule has 1 rings (SSSR count). The van der Waals surface area contributed by atoms with Crippen molar-refractivity contribution in [2.75, 3.05) is 0 Å². The molecular weight excluding hydrogens is 228 g/mol. The van der Waals surface area contributed by atoms with E-state index in [0.717, 1.165) is 19.3 Å². The first-order chi connectivity index (χ1) is 8.25. The summed E-state index contributed by atoms with van der Waals surface area (Å²) in [4.78, 5) is 12.0. The van der Waals surface area contributed by atoms with Gasteiger partial charge in [0, 0.05) is 23.4 Å². The summed E-state index contributed by atoms with van der Waals surface area (Å²) >= 11 is 0. The molecule has 1 fully saturated rings. The molecule has 0 heterocycles. The fourth-order valence-corrected chi connectivity index (χ4v) is 2.34. The molecule has 0 bridgehead atoms. The molecule has 0 spiro atoms. The summed E-state index contributed by atoms with van der Waals surface area (Å²) in [5, 5.41) is 12.7. The molecule has 0 radical (unpaired) electrons. The zero-order valence-corrected chi connectivity index (χ0v) is 12.1. The summed E-state index contributed by atoms with van der Waals surface area (Å²) in [6.45, 7) is 7.93. The highest BCUT2D eigenvalue weighted by Gasteiger charge is 2.48. The molecule has 1 aliphatic rings. The van der Waals surface area contributed by atoms with E-state index in [1.807, 2.05) is 27.7 Å². The quantitative estimate of drug-likeness (QED) is 0.672. The highest BCUT2D eigenvalue weighted by molar-refractivity contribution is 5.78. The lowest BCUT2D eigenvalue weighted by Gasteiger charge is -2.49. The maximum absolute atomic E-state index is 12.0. The van der Waals surface area contributed by atoms with Gasteiger partial charge in [0.1, 0.15) is 0 Å². The molecule has 4 N–H and O–H groups in total. The van der Waals surface area contributed by atoms with Gasteiger partial charge in [-0.15, -0.1) is 0 Å². The SMILES string of the molecule is CC(N)CCCC(C)C(=O)NC1CC(O)C1(C)C. The van der Waals surface area contributed by atoms with E-state index in [1.54, 1.807) is 0 Å². The zero-order valence-electron chi connectivity index (χ0n) is 12.1. The van der Waals surface area contributed by atoms with Gasteiger partial charge in [0.05, 0.1) is 6.10 Å². The Kier molecular flexibility index (Phi) is 5.17. The molecule has 4 unspecified atom stereocenters. The molecular formula is C14H28N2O2. The second-order valence-electron chi connectivity index (χ2n) is 6.44. The van der Waals surface area contributed by atoms with Crippen molar-refractivity contribution >= 4 is 5.91 Å². The van der Waals surface area contributed by atoms with Gasteiger partial charge in [0.2, 0.25) is 5.91 Å². The van der Waals surface area contributed by atoms with Crippen molar-refractivity contribution in [1.82, 2.24) is 5.32 Å². The van der Waals surface area contributed by atoms with E-state index in [0.29, 0.717) is 6.42 Å². The van der Waals surface area contributed by atoms with Crippen LogP contribution in [0.4, 0.5) is 0 Å². The smallest absolute Gasteiger partial charge is 0.223 e. The van der Waals surface area contributed by atoms with Gasteiger partial charge in [0.25, 0.3) is 0 Å². The van der Waals surface area contributed by atoms with Gasteiger partial charge < -0.3 is 16.2 Å². The van der Waals surface area contributed by atoms with E-state index in [2.05, 4.69) is 5.32 Å². The Morgan fingerprint density at radius 2 is 2.06 bits per heavy atom. The van der Waals surface area contributed by atoms with Crippen LogP contribution in [0.5, 0.6) is 0 Å². The van der Waals surface area contributed by atoms with E-state index in [4.69, 9.17) is 5.73 Å². The van der Waals surface area contributed by atoms with Crippen molar-refractivity contribution in [2.45, 2.75) is 71.6 Å². The summed E-state index contributed by atoms with van der Waals surface area (Å²) in [5.74, 6) is 0.127. The second-order valence-corrected chi connectivity index (χ2v) is 6.44. The molecule has 0 saturated heterocycles. The van der Waals surface area contributed by atoms with E-state index < -0.39 is 0 Å². The number of carbonyl (C=O) groups excluding carboxylic acids is 1. The Morgan fingerprint density at radius 3 is 2.50 bits per heavy atom. The third-order valence-electron chi connectivity index (χ3n) is 4.28. The minimum absolute atomic E-state index is 0.0253. The number of aliphatic hydroxyl groups excluding tert-OH is 1. The van der Waals surface area contributed by atoms with Crippen molar-refractivity contribution in [3.8, 4) is 0 Å². The number of aliphatic hydroxyl groups is 1. The largest absolute Gasteiger partial charge is 0.392 e. The summed E-state index contributed by atoms with van der Waals surface area (Å²) < 4.78 is 0. The van der Waals surface area contributed by atoms with Crippen LogP contribution in [0.15, 0.2) is 0 Å². The number of rotatable bonds is 6. The average molecular weight is 256 g/mol. The topological polar surface area (TPSA) is 75.4 Å². The van der Waals surface area contributed by atoms with E-state index in [9.17, 15) is 9.90 Å². The molecule has 1 aliphatic carbocycles. The standard InChI is InChI=1S/C14H28N2O2/c1-9(6-5-7-10(2)15)13(18)16-11-8-12(17)14(11,3)4/h9-12,17H,5-8,15H2,1-4H3,(H,16,18). The summed E-state index contributed by atoms with van der Waals surface area (Å²) in [5.41, 5.74) is 5.50. The lowest BCUT2D eigenvalue weighted by Crippen LogP contribution is -2.61. The Labute approximate surface area is 110 Å². The molecule has 1 amide bonds. The minimum Gasteiger partial charge on any atom is -0.392 e. The van der Waals surface area contributed by atoms with E-state index in [1.165, 1.54) is 0 Å². The third kappa shape index (κ3) is 3.69. The van der Waals surface area contributed by atoms with Crippen LogP contribution in [-0.4, -0.2) is 29.2 Å². The minimum atomic E-state index is -0.295. The van der Waals surface area contributed by atoms with Crippen molar-refractivity contribution in [2.24, 2.45) is 17.1 Å². The molecule has 106 valence electrons. The van der Waals surface area contributed by atoms with Gasteiger partial charge in [-0.1, -0.05) is 27.2 Å². The second kappa shape index (κ2) is 6.02. The lowest BCUT2D eigenvalue weighted by molar-refractivity contribution is -0.132. The summed E-state index contributed by atoms with van der Waals surface area (Å²) in [7, 11) is 0. The number of hydrogen-bond donors (Lipinski definition) is 3. The molecule has 4 nitrogen and oxygen atoms in total. The molecule has 1 saturated carbocycles. The molecule has 4 atom stereocenters. The zero-order chi connectivity index (χ0) is 13.9. The van der Waals surface area contributed by atoms with Crippen molar-refractivity contribution in [3.63, 3.8) is 0 Å². The van der Waals surface area contributed by atoms with Gasteiger partial charge in [-0.3, -0.25) is 4.79 Å². The Bertz CT molecular complexity index is 290. The van der Waals surface area contributed by atoms with Crippen LogP contribution in [-0.2, 0) is 4.79 Å². The third-order valence-corrected chi connectivity index (χ3v) is 4.28. The maximum Gasteiger partial charge on any atom is 0.223 e. The first-order valence-electron chi connectivity index (χ1n) is 6.99. The van der Waals surface area contributed by atoms with Crippen LogP contribution >= 0.6 is 0 Å². The number of nitrogens with one attached hydrogen (secondary N) is 1. The molecule has 0 aliphatic heterocycles. The maximum atomic E-state index is 12.0. The lowest BCUT2D eigenvalue weighted by atomic mass is 9.64. The summed E-state index contributed by atoms with van der Waals surface area (Å²) in [6, 6.07) is 0.317. The first kappa shape index (κ1) is 15.4. The van der Waals surface area contributed by atoms with Crippen molar-refractivity contribution in [3.05, 3.63) is 0 Å². The van der Waals surface area contributed by atoms with Crippen LogP contribution in [0.1, 0.15) is 53.4 Å². The van der Waals surface area contributed by atoms with Crippen LogP contribution in [0.25, 0.3) is 0 Å². The monoisotopic (exact) mass is 256 g/mol. The van der Waals surface area contributed by atoms with Gasteiger partial charge in [0.15, 0.2) is 0 Å².